The summed E-state index contributed by atoms with van der Waals surface area (Å²) in [6.45, 7) is 4.22. The van der Waals surface area contributed by atoms with Crippen molar-refractivity contribution in [2.24, 2.45) is 10.9 Å². The number of aromatic nitrogens is 1. The molecule has 0 spiro atoms. The molecule has 1 saturated carbocycles. The monoisotopic (exact) mass is 446 g/mol. The number of nitrogens with zero attached hydrogens (tertiary/aromatic N) is 2. The van der Waals surface area contributed by atoms with Crippen molar-refractivity contribution >= 4 is 29.9 Å². The maximum absolute atomic E-state index is 5.55. The molecule has 24 heavy (non-hydrogen) atoms. The fourth-order valence-corrected chi connectivity index (χ4v) is 3.12. The first kappa shape index (κ1) is 21.0. The summed E-state index contributed by atoms with van der Waals surface area (Å²) in [4.78, 5) is 8.55. The number of halogens is 1. The van der Waals surface area contributed by atoms with Gasteiger partial charge in [0.05, 0.1) is 6.61 Å². The molecule has 1 aromatic heterocycles. The van der Waals surface area contributed by atoms with Gasteiger partial charge >= 0.3 is 0 Å². The van der Waals surface area contributed by atoms with Gasteiger partial charge in [-0.25, -0.2) is 4.98 Å². The zero-order valence-corrected chi connectivity index (χ0v) is 17.2. The highest BCUT2D eigenvalue weighted by atomic mass is 127. The predicted molar refractivity (Wildman–Crippen MR) is 110 cm³/mol. The molecule has 0 bridgehead atoms. The average Bonchev–Trinajstić information content (AvgIpc) is 3.09. The molecule has 2 N–H and O–H groups in total. The molecule has 0 unspecified atom stereocenters. The molecule has 136 valence electrons. The molecule has 1 fully saturated rings. The molecule has 5 nitrogen and oxygen atoms in total. The zero-order chi connectivity index (χ0) is 16.3. The third-order valence-electron chi connectivity index (χ3n) is 4.36. The van der Waals surface area contributed by atoms with Crippen LogP contribution in [0.1, 0.15) is 51.0 Å². The van der Waals surface area contributed by atoms with Crippen molar-refractivity contribution in [2.75, 3.05) is 20.2 Å². The van der Waals surface area contributed by atoms with Crippen LogP contribution in [0.4, 0.5) is 0 Å². The summed E-state index contributed by atoms with van der Waals surface area (Å²) >= 11 is 0. The molecule has 0 atom stereocenters. The molecular formula is C18H31IN4O. The van der Waals surface area contributed by atoms with Crippen LogP contribution in [0.5, 0.6) is 5.88 Å². The van der Waals surface area contributed by atoms with Gasteiger partial charge < -0.3 is 15.4 Å². The predicted octanol–water partition coefficient (Wildman–Crippen LogP) is 3.73. The lowest BCUT2D eigenvalue weighted by Crippen LogP contribution is -2.37. The van der Waals surface area contributed by atoms with Crippen molar-refractivity contribution < 1.29 is 4.74 Å². The van der Waals surface area contributed by atoms with E-state index < -0.39 is 0 Å². The Kier molecular flexibility index (Phi) is 10.8. The van der Waals surface area contributed by atoms with Crippen molar-refractivity contribution in [3.63, 3.8) is 0 Å². The van der Waals surface area contributed by atoms with Crippen molar-refractivity contribution in [3.05, 3.63) is 23.9 Å². The first-order chi connectivity index (χ1) is 11.3. The number of rotatable bonds is 8. The molecule has 1 heterocycles. The van der Waals surface area contributed by atoms with Gasteiger partial charge in [-0.15, -0.1) is 24.0 Å². The molecule has 2 rings (SSSR count). The number of aliphatic imine (C=N–C) groups is 1. The number of pyridine rings is 1. The number of hydrogen-bond acceptors (Lipinski definition) is 3. The maximum atomic E-state index is 5.55. The highest BCUT2D eigenvalue weighted by Crippen LogP contribution is 2.28. The van der Waals surface area contributed by atoms with Crippen molar-refractivity contribution in [3.8, 4) is 5.88 Å². The zero-order valence-electron chi connectivity index (χ0n) is 14.9. The Morgan fingerprint density at radius 1 is 1.33 bits per heavy atom. The Balaban J connectivity index is 0.00000288. The van der Waals surface area contributed by atoms with Crippen LogP contribution in [-0.4, -0.2) is 31.1 Å². The quantitative estimate of drug-likeness (QED) is 0.277. The third kappa shape index (κ3) is 7.23. The van der Waals surface area contributed by atoms with E-state index in [1.807, 2.05) is 19.1 Å². The van der Waals surface area contributed by atoms with Crippen molar-refractivity contribution in [2.45, 2.75) is 52.0 Å². The van der Waals surface area contributed by atoms with E-state index >= 15 is 0 Å². The highest BCUT2D eigenvalue weighted by molar-refractivity contribution is 14.0. The number of nitrogens with one attached hydrogen (secondary N) is 2. The van der Waals surface area contributed by atoms with Crippen LogP contribution in [0.15, 0.2) is 23.3 Å². The van der Waals surface area contributed by atoms with Crippen LogP contribution in [0.25, 0.3) is 0 Å². The van der Waals surface area contributed by atoms with Crippen LogP contribution in [0, 0.1) is 5.92 Å². The number of guanidine groups is 1. The third-order valence-corrected chi connectivity index (χ3v) is 4.36. The van der Waals surface area contributed by atoms with Crippen LogP contribution < -0.4 is 15.4 Å². The second-order valence-corrected chi connectivity index (χ2v) is 6.05. The van der Waals surface area contributed by atoms with E-state index in [0.29, 0.717) is 19.0 Å². The molecule has 0 aliphatic heterocycles. The van der Waals surface area contributed by atoms with Gasteiger partial charge in [-0.3, -0.25) is 4.99 Å². The lowest BCUT2D eigenvalue weighted by atomic mass is 10.0. The standard InChI is InChI=1S/C18H30N4O.HI/c1-3-23-17-16(11-7-12-20-17)14-22-18(19-2)21-13-6-10-15-8-4-5-9-15;/h7,11-12,15H,3-6,8-10,13-14H2,1-2H3,(H2,19,21,22);1H. The van der Waals surface area contributed by atoms with Crippen LogP contribution >= 0.6 is 24.0 Å². The summed E-state index contributed by atoms with van der Waals surface area (Å²) in [5.41, 5.74) is 1.04. The summed E-state index contributed by atoms with van der Waals surface area (Å²) < 4.78 is 5.55. The largest absolute Gasteiger partial charge is 0.478 e. The van der Waals surface area contributed by atoms with Gasteiger partial charge in [-0.05, 0) is 31.7 Å². The van der Waals surface area contributed by atoms with Gasteiger partial charge in [0.25, 0.3) is 0 Å². The Morgan fingerprint density at radius 2 is 2.12 bits per heavy atom. The Morgan fingerprint density at radius 3 is 2.83 bits per heavy atom. The van der Waals surface area contributed by atoms with E-state index in [1.54, 1.807) is 13.2 Å². The molecular weight excluding hydrogens is 415 g/mol. The smallest absolute Gasteiger partial charge is 0.218 e. The molecule has 0 amide bonds. The van der Waals surface area contributed by atoms with E-state index in [-0.39, 0.29) is 24.0 Å². The van der Waals surface area contributed by atoms with Crippen molar-refractivity contribution in [1.29, 1.82) is 0 Å². The van der Waals surface area contributed by atoms with E-state index in [4.69, 9.17) is 4.74 Å². The number of ether oxygens (including phenoxy) is 1. The van der Waals surface area contributed by atoms with E-state index in [9.17, 15) is 0 Å². The summed E-state index contributed by atoms with van der Waals surface area (Å²) in [5, 5.41) is 6.72. The molecule has 1 aliphatic rings. The normalized spacial score (nSPS) is 15.0. The number of hydrogen-bond donors (Lipinski definition) is 2. The lowest BCUT2D eigenvalue weighted by molar-refractivity contribution is 0.322. The van der Waals surface area contributed by atoms with Gasteiger partial charge in [0.1, 0.15) is 0 Å². The van der Waals surface area contributed by atoms with Crippen LogP contribution in [0.3, 0.4) is 0 Å². The topological polar surface area (TPSA) is 58.5 Å². The minimum absolute atomic E-state index is 0. The minimum Gasteiger partial charge on any atom is -0.478 e. The Hall–Kier alpha value is -1.05. The lowest BCUT2D eigenvalue weighted by Gasteiger charge is -2.14. The summed E-state index contributed by atoms with van der Waals surface area (Å²) in [5.74, 6) is 2.48. The molecule has 0 radical (unpaired) electrons. The average molecular weight is 446 g/mol. The van der Waals surface area contributed by atoms with Gasteiger partial charge in [0.15, 0.2) is 5.96 Å². The van der Waals surface area contributed by atoms with E-state index in [0.717, 1.165) is 24.0 Å². The fourth-order valence-electron chi connectivity index (χ4n) is 3.12. The van der Waals surface area contributed by atoms with Gasteiger partial charge in [-0.1, -0.05) is 31.7 Å². The second-order valence-electron chi connectivity index (χ2n) is 6.05. The van der Waals surface area contributed by atoms with Gasteiger partial charge in [-0.2, -0.15) is 0 Å². The molecule has 1 aromatic rings. The summed E-state index contributed by atoms with van der Waals surface area (Å²) in [7, 11) is 1.80. The minimum atomic E-state index is 0. The maximum Gasteiger partial charge on any atom is 0.218 e. The molecule has 1 aliphatic carbocycles. The van der Waals surface area contributed by atoms with E-state index in [2.05, 4.69) is 20.6 Å². The molecule has 0 aromatic carbocycles. The first-order valence-corrected chi connectivity index (χ1v) is 8.84. The summed E-state index contributed by atoms with van der Waals surface area (Å²) in [6, 6.07) is 3.95. The Bertz CT molecular complexity index is 490. The van der Waals surface area contributed by atoms with Crippen LogP contribution in [0.2, 0.25) is 0 Å². The second kappa shape index (κ2) is 12.3. The fraction of sp³-hybridized carbons (Fsp3) is 0.667. The van der Waals surface area contributed by atoms with E-state index in [1.165, 1.54) is 38.5 Å². The van der Waals surface area contributed by atoms with Crippen LogP contribution in [-0.2, 0) is 6.54 Å². The molecule has 6 heteroatoms. The highest BCUT2D eigenvalue weighted by Gasteiger charge is 2.14. The first-order valence-electron chi connectivity index (χ1n) is 8.84. The molecule has 0 saturated heterocycles. The van der Waals surface area contributed by atoms with Gasteiger partial charge in [0, 0.05) is 31.9 Å². The van der Waals surface area contributed by atoms with Gasteiger partial charge in [0.2, 0.25) is 5.88 Å². The Labute approximate surface area is 163 Å². The van der Waals surface area contributed by atoms with Crippen molar-refractivity contribution in [1.82, 2.24) is 15.6 Å². The summed E-state index contributed by atoms with van der Waals surface area (Å²) in [6.07, 6.45) is 10.00. The SMILES string of the molecule is CCOc1ncccc1CNC(=NC)NCCCC1CCCC1.I.